The molecular formula is C19H16ClN5O2S2. The molecule has 10 heteroatoms. The Balaban J connectivity index is 1.34. The maximum absolute atomic E-state index is 12.2. The number of thiophene rings is 1. The second-order valence-electron chi connectivity index (χ2n) is 6.66. The van der Waals surface area contributed by atoms with E-state index in [1.165, 1.54) is 23.1 Å². The Morgan fingerprint density at radius 1 is 1.28 bits per heavy atom. The summed E-state index contributed by atoms with van der Waals surface area (Å²) >= 11 is 9.08. The zero-order valence-corrected chi connectivity index (χ0v) is 17.6. The molecule has 0 aliphatic heterocycles. The van der Waals surface area contributed by atoms with E-state index in [-0.39, 0.29) is 5.56 Å². The molecule has 1 aliphatic rings. The normalized spacial score (nSPS) is 13.8. The van der Waals surface area contributed by atoms with Crippen LogP contribution in [0.25, 0.3) is 10.2 Å². The number of H-pyrrole nitrogens is 1. The molecule has 0 radical (unpaired) electrons. The molecule has 1 aromatic carbocycles. The van der Waals surface area contributed by atoms with Crippen LogP contribution in [0.2, 0.25) is 5.02 Å². The van der Waals surface area contributed by atoms with E-state index in [0.29, 0.717) is 39.7 Å². The number of halogens is 1. The van der Waals surface area contributed by atoms with Crippen molar-refractivity contribution in [1.82, 2.24) is 24.7 Å². The predicted molar refractivity (Wildman–Crippen MR) is 114 cm³/mol. The summed E-state index contributed by atoms with van der Waals surface area (Å²) in [4.78, 5) is 19.5. The topological polar surface area (TPSA) is 85.7 Å². The third-order valence-electron chi connectivity index (χ3n) is 4.54. The maximum atomic E-state index is 12.2. The lowest BCUT2D eigenvalue weighted by atomic mass is 10.3. The lowest BCUT2D eigenvalue weighted by Gasteiger charge is -2.10. The van der Waals surface area contributed by atoms with Crippen molar-refractivity contribution in [2.75, 3.05) is 0 Å². The number of nitrogens with one attached hydrogen (secondary N) is 1. The third-order valence-corrected chi connectivity index (χ3v) is 6.71. The highest BCUT2D eigenvalue weighted by Crippen LogP contribution is 2.39. The van der Waals surface area contributed by atoms with Gasteiger partial charge >= 0.3 is 0 Å². The molecule has 5 rings (SSSR count). The fourth-order valence-corrected chi connectivity index (χ4v) is 4.84. The van der Waals surface area contributed by atoms with Gasteiger partial charge in [0.1, 0.15) is 22.9 Å². The Kier molecular flexibility index (Phi) is 5.03. The molecule has 148 valence electrons. The quantitative estimate of drug-likeness (QED) is 0.423. The van der Waals surface area contributed by atoms with E-state index in [9.17, 15) is 4.79 Å². The summed E-state index contributed by atoms with van der Waals surface area (Å²) in [5, 5.41) is 11.9. The Bertz CT molecular complexity index is 1230. The molecule has 0 bridgehead atoms. The summed E-state index contributed by atoms with van der Waals surface area (Å²) < 4.78 is 8.63. The van der Waals surface area contributed by atoms with Crippen LogP contribution < -0.4 is 10.3 Å². The number of nitrogens with zero attached hydrogens (tertiary/aromatic N) is 4. The second kappa shape index (κ2) is 7.81. The van der Waals surface area contributed by atoms with Gasteiger partial charge in [-0.05, 0) is 36.4 Å². The Morgan fingerprint density at radius 2 is 2.14 bits per heavy atom. The molecule has 0 saturated heterocycles. The Hall–Kier alpha value is -2.36. The van der Waals surface area contributed by atoms with E-state index in [0.717, 1.165) is 29.3 Å². The smallest absolute Gasteiger partial charge is 0.268 e. The number of rotatable bonds is 7. The maximum Gasteiger partial charge on any atom is 0.268 e. The summed E-state index contributed by atoms with van der Waals surface area (Å²) in [5.41, 5.74) is 0.630. The van der Waals surface area contributed by atoms with Crippen LogP contribution in [0.4, 0.5) is 0 Å². The first-order valence-electron chi connectivity index (χ1n) is 9.09. The van der Waals surface area contributed by atoms with Crippen molar-refractivity contribution in [3.05, 3.63) is 62.7 Å². The van der Waals surface area contributed by atoms with Crippen LogP contribution in [0.3, 0.4) is 0 Å². The Morgan fingerprint density at radius 3 is 2.97 bits per heavy atom. The van der Waals surface area contributed by atoms with Crippen LogP contribution in [0.15, 0.2) is 45.7 Å². The fraction of sp³-hybridized carbons (Fsp3) is 0.263. The van der Waals surface area contributed by atoms with Crippen LogP contribution in [-0.2, 0) is 12.4 Å². The van der Waals surface area contributed by atoms with Crippen molar-refractivity contribution in [2.45, 2.75) is 36.4 Å². The standard InChI is InChI=1S/C19H16ClN5O2S2/c20-12-3-1-2-4-14(12)27-9-16-23-24-19(25(16)11-5-6-11)29-10-15-21-13-7-8-28-17(13)18(26)22-15/h1-4,7-8,11H,5-6,9-10H2,(H,21,22,26). The van der Waals surface area contributed by atoms with Gasteiger partial charge in [0.15, 0.2) is 11.0 Å². The van der Waals surface area contributed by atoms with E-state index in [4.69, 9.17) is 16.3 Å². The van der Waals surface area contributed by atoms with Crippen molar-refractivity contribution in [3.63, 3.8) is 0 Å². The van der Waals surface area contributed by atoms with Gasteiger partial charge < -0.3 is 9.72 Å². The van der Waals surface area contributed by atoms with Crippen LogP contribution in [0, 0.1) is 0 Å². The second-order valence-corrected chi connectivity index (χ2v) is 8.92. The van der Waals surface area contributed by atoms with E-state index >= 15 is 0 Å². The largest absolute Gasteiger partial charge is 0.484 e. The minimum atomic E-state index is -0.0990. The van der Waals surface area contributed by atoms with Crippen molar-refractivity contribution in [2.24, 2.45) is 0 Å². The van der Waals surface area contributed by atoms with Gasteiger partial charge in [-0.25, -0.2) is 4.98 Å². The zero-order valence-electron chi connectivity index (χ0n) is 15.2. The van der Waals surface area contributed by atoms with Crippen molar-refractivity contribution >= 4 is 44.9 Å². The number of aromatic amines is 1. The molecule has 1 N–H and O–H groups in total. The predicted octanol–water partition coefficient (Wildman–Crippen LogP) is 4.44. The molecule has 7 nitrogen and oxygen atoms in total. The number of ether oxygens (including phenoxy) is 1. The molecule has 0 atom stereocenters. The number of benzene rings is 1. The summed E-state index contributed by atoms with van der Waals surface area (Å²) in [6.07, 6.45) is 2.20. The number of para-hydroxylation sites is 1. The van der Waals surface area contributed by atoms with Gasteiger partial charge in [0.2, 0.25) is 0 Å². The molecule has 29 heavy (non-hydrogen) atoms. The first-order chi connectivity index (χ1) is 14.2. The minimum absolute atomic E-state index is 0.0990. The third kappa shape index (κ3) is 3.90. The lowest BCUT2D eigenvalue weighted by molar-refractivity contribution is 0.288. The average molecular weight is 446 g/mol. The molecule has 0 spiro atoms. The highest BCUT2D eigenvalue weighted by Gasteiger charge is 2.30. The highest BCUT2D eigenvalue weighted by molar-refractivity contribution is 7.98. The van der Waals surface area contributed by atoms with Crippen molar-refractivity contribution < 1.29 is 4.74 Å². The molecular weight excluding hydrogens is 430 g/mol. The van der Waals surface area contributed by atoms with Crippen LogP contribution in [-0.4, -0.2) is 24.7 Å². The molecule has 0 amide bonds. The van der Waals surface area contributed by atoms with Crippen LogP contribution in [0.5, 0.6) is 5.75 Å². The zero-order chi connectivity index (χ0) is 19.8. The molecule has 3 aromatic heterocycles. The summed E-state index contributed by atoms with van der Waals surface area (Å²) in [6.45, 7) is 0.295. The van der Waals surface area contributed by atoms with Gasteiger partial charge in [0, 0.05) is 6.04 Å². The number of hydrogen-bond acceptors (Lipinski definition) is 7. The SMILES string of the molecule is O=c1[nH]c(CSc2nnc(COc3ccccc3Cl)n2C2CC2)nc2ccsc12. The van der Waals surface area contributed by atoms with Gasteiger partial charge in [-0.1, -0.05) is 35.5 Å². The first kappa shape index (κ1) is 18.7. The van der Waals surface area contributed by atoms with Crippen LogP contribution in [0.1, 0.15) is 30.5 Å². The Labute approximate surface area is 179 Å². The number of fused-ring (bicyclic) bond motifs is 1. The molecule has 1 fully saturated rings. The molecule has 3 heterocycles. The number of thioether (sulfide) groups is 1. The van der Waals surface area contributed by atoms with Crippen molar-refractivity contribution in [1.29, 1.82) is 0 Å². The van der Waals surface area contributed by atoms with E-state index in [1.54, 1.807) is 6.07 Å². The number of aromatic nitrogens is 5. The first-order valence-corrected chi connectivity index (χ1v) is 11.3. The van der Waals surface area contributed by atoms with E-state index in [1.807, 2.05) is 29.6 Å². The van der Waals surface area contributed by atoms with E-state index < -0.39 is 0 Å². The van der Waals surface area contributed by atoms with Crippen molar-refractivity contribution in [3.8, 4) is 5.75 Å². The minimum Gasteiger partial charge on any atom is -0.484 e. The van der Waals surface area contributed by atoms with Crippen LogP contribution >= 0.6 is 34.7 Å². The van der Waals surface area contributed by atoms with Gasteiger partial charge in [0.25, 0.3) is 5.56 Å². The lowest BCUT2D eigenvalue weighted by Crippen LogP contribution is -2.10. The van der Waals surface area contributed by atoms with Gasteiger partial charge in [-0.2, -0.15) is 0 Å². The number of hydrogen-bond donors (Lipinski definition) is 1. The summed E-state index contributed by atoms with van der Waals surface area (Å²) in [7, 11) is 0. The molecule has 1 aliphatic carbocycles. The van der Waals surface area contributed by atoms with E-state index in [2.05, 4.69) is 24.7 Å². The summed E-state index contributed by atoms with van der Waals surface area (Å²) in [6, 6.07) is 9.62. The highest BCUT2D eigenvalue weighted by atomic mass is 35.5. The fourth-order valence-electron chi connectivity index (χ4n) is 3.03. The molecule has 0 unspecified atom stereocenters. The average Bonchev–Trinajstić information content (AvgIpc) is 3.29. The monoisotopic (exact) mass is 445 g/mol. The van der Waals surface area contributed by atoms with Gasteiger partial charge in [-0.3, -0.25) is 9.36 Å². The van der Waals surface area contributed by atoms with Gasteiger partial charge in [-0.15, -0.1) is 21.5 Å². The summed E-state index contributed by atoms with van der Waals surface area (Å²) in [5.74, 6) is 2.53. The molecule has 4 aromatic rings. The molecule has 1 saturated carbocycles. The van der Waals surface area contributed by atoms with Gasteiger partial charge in [0.05, 0.1) is 16.3 Å².